The third-order valence-electron chi connectivity index (χ3n) is 2.42. The van der Waals surface area contributed by atoms with Crippen LogP contribution in [0.3, 0.4) is 0 Å². The molecule has 1 fully saturated rings. The lowest BCUT2D eigenvalue weighted by molar-refractivity contribution is -0.143. The molecule has 0 aromatic rings. The topological polar surface area (TPSA) is 98.7 Å². The van der Waals surface area contributed by atoms with Crippen LogP contribution in [0.25, 0.3) is 0 Å². The Morgan fingerprint density at radius 2 is 2.20 bits per heavy atom. The summed E-state index contributed by atoms with van der Waals surface area (Å²) in [5.74, 6) is -1.57. The highest BCUT2D eigenvalue weighted by molar-refractivity contribution is 5.87. The molecular weight excluding hydrogens is 200 g/mol. The van der Waals surface area contributed by atoms with E-state index >= 15 is 0 Å². The van der Waals surface area contributed by atoms with Gasteiger partial charge in [0.25, 0.3) is 0 Å². The number of hydrogen-bond acceptors (Lipinski definition) is 4. The number of aliphatic carboxylic acids is 1. The largest absolute Gasteiger partial charge is 0.480 e. The van der Waals surface area contributed by atoms with Gasteiger partial charge in [-0.15, -0.1) is 0 Å². The molecular formula is C9H16N2O4. The van der Waals surface area contributed by atoms with Gasteiger partial charge in [0.15, 0.2) is 0 Å². The summed E-state index contributed by atoms with van der Waals surface area (Å²) in [6.07, 6.45) is 2.71. The van der Waals surface area contributed by atoms with Crippen LogP contribution >= 0.6 is 0 Å². The second-order valence-electron chi connectivity index (χ2n) is 3.58. The maximum atomic E-state index is 11.5. The zero-order chi connectivity index (χ0) is 11.3. The van der Waals surface area contributed by atoms with Gasteiger partial charge in [-0.2, -0.15) is 0 Å². The molecule has 0 radical (unpaired) electrons. The summed E-state index contributed by atoms with van der Waals surface area (Å²) in [5, 5.41) is 22.6. The Balaban J connectivity index is 2.42. The summed E-state index contributed by atoms with van der Waals surface area (Å²) < 4.78 is 0. The average Bonchev–Trinajstić information content (AvgIpc) is 2.26. The summed E-state index contributed by atoms with van der Waals surface area (Å²) >= 11 is 0. The molecule has 1 aliphatic rings. The van der Waals surface area contributed by atoms with E-state index in [0.717, 1.165) is 19.4 Å². The van der Waals surface area contributed by atoms with Crippen molar-refractivity contribution in [1.82, 2.24) is 10.6 Å². The smallest absolute Gasteiger partial charge is 0.328 e. The van der Waals surface area contributed by atoms with E-state index in [1.165, 1.54) is 0 Å². The summed E-state index contributed by atoms with van der Waals surface area (Å²) in [7, 11) is 0. The summed E-state index contributed by atoms with van der Waals surface area (Å²) in [6, 6.07) is -1.53. The Kier molecular flexibility index (Phi) is 4.51. The summed E-state index contributed by atoms with van der Waals surface area (Å²) in [4.78, 5) is 22.1. The number of aliphatic hydroxyl groups is 1. The molecule has 1 amide bonds. The Bertz CT molecular complexity index is 238. The molecule has 1 rings (SSSR count). The molecule has 0 bridgehead atoms. The van der Waals surface area contributed by atoms with Crippen molar-refractivity contribution in [2.24, 2.45) is 0 Å². The number of piperidine rings is 1. The number of carboxylic acid groups (broad SMARTS) is 1. The molecule has 15 heavy (non-hydrogen) atoms. The van der Waals surface area contributed by atoms with E-state index in [4.69, 9.17) is 10.2 Å². The van der Waals surface area contributed by atoms with Gasteiger partial charge < -0.3 is 20.8 Å². The first-order valence-electron chi connectivity index (χ1n) is 5.02. The van der Waals surface area contributed by atoms with Crippen LogP contribution in [0.1, 0.15) is 19.3 Å². The molecule has 6 heteroatoms. The van der Waals surface area contributed by atoms with Crippen molar-refractivity contribution in [3.05, 3.63) is 0 Å². The Hall–Kier alpha value is -1.14. The van der Waals surface area contributed by atoms with Gasteiger partial charge >= 0.3 is 5.97 Å². The van der Waals surface area contributed by atoms with Crippen LogP contribution in [0.2, 0.25) is 0 Å². The van der Waals surface area contributed by atoms with Crippen molar-refractivity contribution >= 4 is 11.9 Å². The van der Waals surface area contributed by atoms with Crippen LogP contribution in [0.5, 0.6) is 0 Å². The van der Waals surface area contributed by atoms with Crippen molar-refractivity contribution in [3.8, 4) is 0 Å². The average molecular weight is 216 g/mol. The molecule has 0 saturated carbocycles. The number of carbonyl (C=O) groups excluding carboxylic acids is 1. The standard InChI is InChI=1S/C9H16N2O4/c12-5-7(9(14)15)11-8(13)6-3-1-2-4-10-6/h6-7,10,12H,1-5H2,(H,11,13)(H,14,15)/t6?,7-/m0/s1. The van der Waals surface area contributed by atoms with Crippen LogP contribution in [0, 0.1) is 0 Å². The van der Waals surface area contributed by atoms with E-state index in [1.807, 2.05) is 0 Å². The van der Waals surface area contributed by atoms with E-state index in [-0.39, 0.29) is 11.9 Å². The van der Waals surface area contributed by atoms with E-state index in [9.17, 15) is 9.59 Å². The molecule has 1 unspecified atom stereocenters. The Labute approximate surface area is 87.7 Å². The lowest BCUT2D eigenvalue weighted by atomic mass is 10.0. The zero-order valence-corrected chi connectivity index (χ0v) is 8.40. The van der Waals surface area contributed by atoms with Crippen LogP contribution in [0.15, 0.2) is 0 Å². The number of hydrogen-bond donors (Lipinski definition) is 4. The third kappa shape index (κ3) is 3.49. The Morgan fingerprint density at radius 3 is 2.67 bits per heavy atom. The molecule has 0 spiro atoms. The summed E-state index contributed by atoms with van der Waals surface area (Å²) in [6.45, 7) is 0.183. The van der Waals surface area contributed by atoms with Gasteiger partial charge in [0, 0.05) is 0 Å². The molecule has 1 heterocycles. The van der Waals surface area contributed by atoms with Crippen molar-refractivity contribution < 1.29 is 19.8 Å². The number of rotatable bonds is 4. The monoisotopic (exact) mass is 216 g/mol. The predicted octanol–water partition coefficient (Wildman–Crippen LogP) is -1.31. The van der Waals surface area contributed by atoms with Gasteiger partial charge in [0.2, 0.25) is 5.91 Å². The SMILES string of the molecule is O=C(N[C@@H](CO)C(=O)O)C1CCCCN1. The highest BCUT2D eigenvalue weighted by Crippen LogP contribution is 2.06. The zero-order valence-electron chi connectivity index (χ0n) is 8.40. The van der Waals surface area contributed by atoms with Gasteiger partial charge in [-0.3, -0.25) is 4.79 Å². The van der Waals surface area contributed by atoms with Gasteiger partial charge in [-0.1, -0.05) is 6.42 Å². The molecule has 4 N–H and O–H groups in total. The van der Waals surface area contributed by atoms with Gasteiger partial charge in [0.05, 0.1) is 12.6 Å². The van der Waals surface area contributed by atoms with E-state index < -0.39 is 18.6 Å². The summed E-state index contributed by atoms with van der Waals surface area (Å²) in [5.41, 5.74) is 0. The lowest BCUT2D eigenvalue weighted by Crippen LogP contribution is -2.52. The molecule has 2 atom stereocenters. The number of carboxylic acids is 1. The maximum Gasteiger partial charge on any atom is 0.328 e. The number of nitrogens with one attached hydrogen (secondary N) is 2. The normalized spacial score (nSPS) is 23.1. The fourth-order valence-corrected chi connectivity index (χ4v) is 1.53. The first kappa shape index (κ1) is 11.9. The van der Waals surface area contributed by atoms with E-state index in [2.05, 4.69) is 10.6 Å². The molecule has 6 nitrogen and oxygen atoms in total. The van der Waals surface area contributed by atoms with Crippen LogP contribution < -0.4 is 10.6 Å². The fraction of sp³-hybridized carbons (Fsp3) is 0.778. The number of aliphatic hydroxyl groups excluding tert-OH is 1. The van der Waals surface area contributed by atoms with E-state index in [0.29, 0.717) is 6.42 Å². The minimum absolute atomic E-state index is 0.327. The minimum atomic E-state index is -1.22. The van der Waals surface area contributed by atoms with Crippen LogP contribution in [0.4, 0.5) is 0 Å². The molecule has 0 aromatic carbocycles. The Morgan fingerprint density at radius 1 is 1.47 bits per heavy atom. The highest BCUT2D eigenvalue weighted by Gasteiger charge is 2.25. The number of carbonyl (C=O) groups is 2. The highest BCUT2D eigenvalue weighted by atomic mass is 16.4. The minimum Gasteiger partial charge on any atom is -0.480 e. The van der Waals surface area contributed by atoms with E-state index in [1.54, 1.807) is 0 Å². The second-order valence-corrected chi connectivity index (χ2v) is 3.58. The molecule has 1 saturated heterocycles. The van der Waals surface area contributed by atoms with Crippen molar-refractivity contribution in [3.63, 3.8) is 0 Å². The van der Waals surface area contributed by atoms with Gasteiger partial charge in [-0.05, 0) is 19.4 Å². The van der Waals surface area contributed by atoms with Crippen molar-refractivity contribution in [1.29, 1.82) is 0 Å². The molecule has 1 aliphatic heterocycles. The van der Waals surface area contributed by atoms with Crippen molar-refractivity contribution in [2.45, 2.75) is 31.3 Å². The first-order valence-corrected chi connectivity index (χ1v) is 5.02. The lowest BCUT2D eigenvalue weighted by Gasteiger charge is -2.23. The van der Waals surface area contributed by atoms with Gasteiger partial charge in [-0.25, -0.2) is 4.79 Å². The molecule has 86 valence electrons. The molecule has 0 aliphatic carbocycles. The predicted molar refractivity (Wildman–Crippen MR) is 52.3 cm³/mol. The molecule has 0 aromatic heterocycles. The second kappa shape index (κ2) is 5.67. The third-order valence-corrected chi connectivity index (χ3v) is 2.42. The number of amides is 1. The van der Waals surface area contributed by atoms with Gasteiger partial charge in [0.1, 0.15) is 6.04 Å². The fourth-order valence-electron chi connectivity index (χ4n) is 1.53. The maximum absolute atomic E-state index is 11.5. The van der Waals surface area contributed by atoms with Crippen molar-refractivity contribution in [2.75, 3.05) is 13.2 Å². The first-order chi connectivity index (χ1) is 7.15. The van der Waals surface area contributed by atoms with Crippen LogP contribution in [-0.2, 0) is 9.59 Å². The quantitative estimate of drug-likeness (QED) is 0.467. The van der Waals surface area contributed by atoms with Crippen LogP contribution in [-0.4, -0.2) is 47.3 Å².